The number of nitrogens with one attached hydrogen (secondary N) is 1. The number of carbonyl (C=O) groups excluding carboxylic acids is 1. The molecular formula is C26H20Cl2N3NaO6S. The molecule has 0 saturated carbocycles. The summed E-state index contributed by atoms with van der Waals surface area (Å²) in [5.74, 6) is -1.16. The van der Waals surface area contributed by atoms with E-state index in [0.29, 0.717) is 16.5 Å². The third kappa shape index (κ3) is 6.38. The fourth-order valence-corrected chi connectivity index (χ4v) is 5.46. The molecule has 9 nitrogen and oxygen atoms in total. The van der Waals surface area contributed by atoms with Crippen LogP contribution < -0.4 is 44.7 Å². The molecule has 0 heterocycles. The quantitative estimate of drug-likeness (QED) is 0.189. The van der Waals surface area contributed by atoms with Crippen molar-refractivity contribution in [2.75, 3.05) is 12.4 Å². The van der Waals surface area contributed by atoms with Gasteiger partial charge in [-0.25, -0.2) is 0 Å². The Morgan fingerprint density at radius 2 is 1.79 bits per heavy atom. The average Bonchev–Trinajstić information content (AvgIpc) is 2.88. The first-order chi connectivity index (χ1) is 18.1. The van der Waals surface area contributed by atoms with E-state index in [1.165, 1.54) is 25.3 Å². The van der Waals surface area contributed by atoms with Gasteiger partial charge in [-0.3, -0.25) is 9.35 Å². The van der Waals surface area contributed by atoms with Crippen molar-refractivity contribution in [2.24, 2.45) is 10.2 Å². The minimum atomic E-state index is -4.72. The van der Waals surface area contributed by atoms with Crippen LogP contribution in [0.2, 0.25) is 10.0 Å². The Morgan fingerprint density at radius 3 is 2.46 bits per heavy atom. The summed E-state index contributed by atoms with van der Waals surface area (Å²) < 4.78 is 39.2. The zero-order valence-corrected chi connectivity index (χ0v) is 25.4. The molecule has 0 fully saturated rings. The van der Waals surface area contributed by atoms with Gasteiger partial charge in [0.05, 0.1) is 18.5 Å². The van der Waals surface area contributed by atoms with Crippen molar-refractivity contribution in [1.82, 2.24) is 0 Å². The standard InChI is InChI=1S/C26H21Cl2N3O6S.Na/c1-3-15-18(27)11-12-20(25(15)38(34,35)36)30-31-23-16-8-5-4-7-14(16)13-17(24(23)32)26(33)29-19-9-6-10-21(37-2)22(19)28;/h4-13,32H,3H2,1-2H3,(H,29,33)(H,34,35,36);/q;+1/p-1. The summed E-state index contributed by atoms with van der Waals surface area (Å²) in [5.41, 5.74) is -0.259. The van der Waals surface area contributed by atoms with Crippen LogP contribution in [0.3, 0.4) is 0 Å². The molecule has 4 aromatic carbocycles. The summed E-state index contributed by atoms with van der Waals surface area (Å²) in [5, 5.41) is 25.3. The van der Waals surface area contributed by atoms with Crippen LogP contribution in [-0.4, -0.2) is 26.0 Å². The molecule has 13 heteroatoms. The molecule has 1 amide bonds. The molecule has 39 heavy (non-hydrogen) atoms. The predicted molar refractivity (Wildman–Crippen MR) is 144 cm³/mol. The maximum Gasteiger partial charge on any atom is 1.00 e. The van der Waals surface area contributed by atoms with E-state index >= 15 is 0 Å². The second-order valence-corrected chi connectivity index (χ2v) is 10.1. The van der Waals surface area contributed by atoms with Crippen LogP contribution >= 0.6 is 23.2 Å². The van der Waals surface area contributed by atoms with E-state index in [-0.39, 0.29) is 74.2 Å². The van der Waals surface area contributed by atoms with Gasteiger partial charge in [-0.15, -0.1) is 5.11 Å². The van der Waals surface area contributed by atoms with Crippen LogP contribution in [0.1, 0.15) is 22.8 Å². The van der Waals surface area contributed by atoms with Gasteiger partial charge in [-0.2, -0.15) is 13.5 Å². The molecule has 0 aliphatic heterocycles. The maximum atomic E-state index is 13.4. The number of methoxy groups -OCH3 is 1. The van der Waals surface area contributed by atoms with E-state index < -0.39 is 26.7 Å². The van der Waals surface area contributed by atoms with Gasteiger partial charge >= 0.3 is 29.6 Å². The van der Waals surface area contributed by atoms with E-state index in [4.69, 9.17) is 27.9 Å². The number of carbonyl (C=O) groups is 1. The van der Waals surface area contributed by atoms with Gasteiger partial charge < -0.3 is 15.2 Å². The topological polar surface area (TPSA) is 140 Å². The number of amides is 1. The van der Waals surface area contributed by atoms with Crippen molar-refractivity contribution < 1.29 is 57.2 Å². The zero-order chi connectivity index (χ0) is 27.6. The Balaban J connectivity index is 0.00000420. The third-order valence-electron chi connectivity index (χ3n) is 5.70. The van der Waals surface area contributed by atoms with Crippen molar-refractivity contribution in [3.05, 3.63) is 81.8 Å². The molecule has 0 saturated heterocycles. The Morgan fingerprint density at radius 1 is 1.08 bits per heavy atom. The third-order valence-corrected chi connectivity index (χ3v) is 7.42. The largest absolute Gasteiger partial charge is 1.00 e. The predicted octanol–water partition coefficient (Wildman–Crippen LogP) is 3.71. The Bertz CT molecular complexity index is 1710. The van der Waals surface area contributed by atoms with Crippen molar-refractivity contribution in [3.63, 3.8) is 0 Å². The maximum absolute atomic E-state index is 13.4. The number of benzene rings is 4. The van der Waals surface area contributed by atoms with Crippen LogP contribution in [0.5, 0.6) is 11.5 Å². The summed E-state index contributed by atoms with van der Waals surface area (Å²) in [4.78, 5) is 12.6. The fraction of sp³-hybridized carbons (Fsp3) is 0.115. The second-order valence-electron chi connectivity index (χ2n) is 8.00. The van der Waals surface area contributed by atoms with Gasteiger partial charge in [0.2, 0.25) is 0 Å². The van der Waals surface area contributed by atoms with Gasteiger partial charge in [0.15, 0.2) is 0 Å². The summed E-state index contributed by atoms with van der Waals surface area (Å²) in [6.07, 6.45) is 0.190. The molecule has 4 aromatic rings. The number of azo groups is 1. The first-order valence-electron chi connectivity index (χ1n) is 11.1. The molecule has 0 aliphatic rings. The van der Waals surface area contributed by atoms with Gasteiger partial charge in [0, 0.05) is 16.0 Å². The minimum Gasteiger partial charge on any atom is -0.870 e. The van der Waals surface area contributed by atoms with E-state index in [9.17, 15) is 22.9 Å². The van der Waals surface area contributed by atoms with E-state index in [1.807, 2.05) is 0 Å². The number of ether oxygens (including phenoxy) is 1. The van der Waals surface area contributed by atoms with Crippen molar-refractivity contribution in [2.45, 2.75) is 18.2 Å². The van der Waals surface area contributed by atoms with Gasteiger partial charge in [0.25, 0.3) is 16.0 Å². The summed E-state index contributed by atoms with van der Waals surface area (Å²) in [6, 6.07) is 15.6. The fourth-order valence-electron chi connectivity index (χ4n) is 3.92. The molecule has 0 atom stereocenters. The van der Waals surface area contributed by atoms with E-state index in [0.717, 1.165) is 0 Å². The zero-order valence-electron chi connectivity index (χ0n) is 21.0. The Hall–Kier alpha value is -2.70. The number of hydrogen-bond acceptors (Lipinski definition) is 7. The molecule has 196 valence electrons. The van der Waals surface area contributed by atoms with Gasteiger partial charge in [-0.05, 0) is 47.7 Å². The smallest absolute Gasteiger partial charge is 0.870 e. The molecule has 0 unspecified atom stereocenters. The minimum absolute atomic E-state index is 0. The van der Waals surface area contributed by atoms with Crippen LogP contribution in [0.4, 0.5) is 17.1 Å². The molecule has 0 bridgehead atoms. The number of halogens is 2. The van der Waals surface area contributed by atoms with Crippen LogP contribution in [-0.2, 0) is 16.5 Å². The van der Waals surface area contributed by atoms with Gasteiger partial charge in [0.1, 0.15) is 21.4 Å². The number of nitrogens with zero attached hydrogens (tertiary/aromatic N) is 2. The van der Waals surface area contributed by atoms with E-state index in [1.54, 1.807) is 49.4 Å². The van der Waals surface area contributed by atoms with Gasteiger partial charge in [-0.1, -0.05) is 66.2 Å². The van der Waals surface area contributed by atoms with Crippen molar-refractivity contribution in [3.8, 4) is 11.5 Å². The molecule has 0 aromatic heterocycles. The average molecular weight is 596 g/mol. The molecule has 4 rings (SSSR count). The number of anilines is 1. The Kier molecular flexibility index (Phi) is 10.0. The summed E-state index contributed by atoms with van der Waals surface area (Å²) >= 11 is 12.4. The summed E-state index contributed by atoms with van der Waals surface area (Å²) in [6.45, 7) is 1.66. The summed E-state index contributed by atoms with van der Waals surface area (Å²) in [7, 11) is -3.29. The van der Waals surface area contributed by atoms with Crippen molar-refractivity contribution in [1.29, 1.82) is 0 Å². The molecule has 0 radical (unpaired) electrons. The number of fused-ring (bicyclic) bond motifs is 1. The normalized spacial score (nSPS) is 11.4. The number of hydrogen-bond donors (Lipinski definition) is 2. The number of rotatable bonds is 7. The molecule has 0 aliphatic carbocycles. The van der Waals surface area contributed by atoms with Crippen LogP contribution in [0.25, 0.3) is 10.8 Å². The van der Waals surface area contributed by atoms with Crippen LogP contribution in [0, 0.1) is 0 Å². The molecular weight excluding hydrogens is 576 g/mol. The molecule has 2 N–H and O–H groups in total. The first-order valence-corrected chi connectivity index (χ1v) is 13.3. The Labute approximate surface area is 256 Å². The molecule has 0 spiro atoms. The monoisotopic (exact) mass is 595 g/mol. The first kappa shape index (κ1) is 30.8. The van der Waals surface area contributed by atoms with Crippen LogP contribution in [0.15, 0.2) is 75.8 Å². The van der Waals surface area contributed by atoms with Crippen molar-refractivity contribution >= 4 is 67.1 Å². The second kappa shape index (κ2) is 12.6. The van der Waals surface area contributed by atoms with E-state index in [2.05, 4.69) is 15.5 Å². The SMILES string of the molecule is CCc1c(Cl)ccc(N=Nc2c([O-])c(C(=O)Nc3cccc(OC)c3Cl)cc3ccccc23)c1S(=O)(=O)O.[Na+].